The Balaban J connectivity index is 2.06. The number of halogens is 2. The van der Waals surface area contributed by atoms with Crippen LogP contribution in [-0.2, 0) is 13.0 Å². The third kappa shape index (κ3) is 2.67. The van der Waals surface area contributed by atoms with Crippen molar-refractivity contribution in [2.45, 2.75) is 13.0 Å². The van der Waals surface area contributed by atoms with Gasteiger partial charge in [-0.1, -0.05) is 41.9 Å². The number of nitrogens with zero attached hydrogens (tertiary/aromatic N) is 1. The quantitative estimate of drug-likeness (QED) is 0.776. The Morgan fingerprint density at radius 2 is 1.81 bits per heavy atom. The molecule has 2 nitrogen and oxygen atoms in total. The van der Waals surface area contributed by atoms with Crippen molar-refractivity contribution in [3.05, 3.63) is 70.6 Å². The topological polar surface area (TPSA) is 30.9 Å². The monoisotopic (exact) mass is 302 g/mol. The molecule has 0 amide bonds. The fourth-order valence-electron chi connectivity index (χ4n) is 2.68. The summed E-state index contributed by atoms with van der Waals surface area (Å²) in [5.74, 6) is -0.382. The third-order valence-corrected chi connectivity index (χ3v) is 4.08. The summed E-state index contributed by atoms with van der Waals surface area (Å²) in [5, 5.41) is 1.35. The number of para-hydroxylation sites is 1. The maximum atomic E-state index is 13.6. The van der Waals surface area contributed by atoms with E-state index in [9.17, 15) is 4.39 Å². The minimum absolute atomic E-state index is 0.190. The van der Waals surface area contributed by atoms with Gasteiger partial charge in [-0.15, -0.1) is 0 Å². The normalized spacial score (nSPS) is 11.2. The molecule has 0 bridgehead atoms. The Morgan fingerprint density at radius 3 is 2.62 bits per heavy atom. The lowest BCUT2D eigenvalue weighted by Crippen LogP contribution is -2.06. The summed E-state index contributed by atoms with van der Waals surface area (Å²) in [5.41, 5.74) is 8.81. The summed E-state index contributed by atoms with van der Waals surface area (Å²) in [7, 11) is 0. The van der Waals surface area contributed by atoms with Gasteiger partial charge in [0.25, 0.3) is 0 Å². The first-order chi connectivity index (χ1) is 10.2. The first-order valence-electron chi connectivity index (χ1n) is 6.90. The Labute approximate surface area is 127 Å². The molecule has 0 spiro atoms. The molecule has 0 fully saturated rings. The van der Waals surface area contributed by atoms with Gasteiger partial charge < -0.3 is 10.3 Å². The summed E-state index contributed by atoms with van der Waals surface area (Å²) < 4.78 is 15.7. The van der Waals surface area contributed by atoms with Crippen LogP contribution in [0.15, 0.2) is 48.7 Å². The number of rotatable bonds is 4. The highest BCUT2D eigenvalue weighted by Gasteiger charge is 2.10. The minimum atomic E-state index is -0.382. The molecule has 3 rings (SSSR count). The molecule has 0 aliphatic rings. The van der Waals surface area contributed by atoms with Gasteiger partial charge in [-0.3, -0.25) is 0 Å². The Bertz CT molecular complexity index is 780. The third-order valence-electron chi connectivity index (χ3n) is 3.66. The van der Waals surface area contributed by atoms with Crippen LogP contribution in [-0.4, -0.2) is 11.1 Å². The molecule has 0 radical (unpaired) electrons. The smallest absolute Gasteiger partial charge is 0.142 e. The highest BCUT2D eigenvalue weighted by molar-refractivity contribution is 6.31. The van der Waals surface area contributed by atoms with Gasteiger partial charge in [0.15, 0.2) is 0 Å². The molecular weight excluding hydrogens is 287 g/mol. The summed E-state index contributed by atoms with van der Waals surface area (Å²) in [6, 6.07) is 13.2. The molecule has 1 heterocycles. The van der Waals surface area contributed by atoms with E-state index < -0.39 is 0 Å². The van der Waals surface area contributed by atoms with Crippen molar-refractivity contribution in [2.24, 2.45) is 5.73 Å². The molecule has 0 aliphatic heterocycles. The van der Waals surface area contributed by atoms with Gasteiger partial charge >= 0.3 is 0 Å². The van der Waals surface area contributed by atoms with E-state index in [1.54, 1.807) is 6.07 Å². The average Bonchev–Trinajstić information content (AvgIpc) is 2.89. The number of fused-ring (bicyclic) bond motifs is 1. The van der Waals surface area contributed by atoms with E-state index in [1.807, 2.05) is 18.3 Å². The van der Waals surface area contributed by atoms with E-state index >= 15 is 0 Å². The van der Waals surface area contributed by atoms with Gasteiger partial charge in [0.05, 0.1) is 10.5 Å². The zero-order valence-electron chi connectivity index (χ0n) is 11.5. The fraction of sp³-hybridized carbons (Fsp3) is 0.176. The van der Waals surface area contributed by atoms with Gasteiger partial charge in [-0.05, 0) is 41.6 Å². The van der Waals surface area contributed by atoms with Gasteiger partial charge in [-0.25, -0.2) is 4.39 Å². The van der Waals surface area contributed by atoms with E-state index in [-0.39, 0.29) is 10.8 Å². The van der Waals surface area contributed by atoms with E-state index in [0.717, 1.165) is 22.9 Å². The summed E-state index contributed by atoms with van der Waals surface area (Å²) in [6.45, 7) is 1.15. The van der Waals surface area contributed by atoms with Crippen LogP contribution in [0, 0.1) is 5.82 Å². The Morgan fingerprint density at radius 1 is 1.05 bits per heavy atom. The Kier molecular flexibility index (Phi) is 3.95. The van der Waals surface area contributed by atoms with Crippen molar-refractivity contribution in [3.63, 3.8) is 0 Å². The molecular formula is C17H16ClFN2. The summed E-state index contributed by atoms with van der Waals surface area (Å²) in [6.07, 6.45) is 2.82. The van der Waals surface area contributed by atoms with Crippen LogP contribution in [0.2, 0.25) is 5.02 Å². The van der Waals surface area contributed by atoms with Crippen LogP contribution in [0.5, 0.6) is 0 Å². The highest BCUT2D eigenvalue weighted by atomic mass is 35.5. The summed E-state index contributed by atoms with van der Waals surface area (Å²) >= 11 is 6.05. The van der Waals surface area contributed by atoms with E-state index in [1.165, 1.54) is 11.6 Å². The number of hydrogen-bond acceptors (Lipinski definition) is 1. The lowest BCUT2D eigenvalue weighted by atomic mass is 10.1. The first kappa shape index (κ1) is 14.1. The van der Waals surface area contributed by atoms with Gasteiger partial charge in [0.2, 0.25) is 0 Å². The highest BCUT2D eigenvalue weighted by Crippen LogP contribution is 2.25. The molecule has 21 heavy (non-hydrogen) atoms. The zero-order chi connectivity index (χ0) is 14.8. The number of aromatic nitrogens is 1. The van der Waals surface area contributed by atoms with E-state index in [4.69, 9.17) is 17.3 Å². The molecule has 0 saturated heterocycles. The van der Waals surface area contributed by atoms with Crippen LogP contribution < -0.4 is 5.73 Å². The molecule has 0 atom stereocenters. The van der Waals surface area contributed by atoms with Crippen LogP contribution in [0.1, 0.15) is 11.1 Å². The van der Waals surface area contributed by atoms with E-state index in [2.05, 4.69) is 22.8 Å². The van der Waals surface area contributed by atoms with Gasteiger partial charge in [0, 0.05) is 12.7 Å². The van der Waals surface area contributed by atoms with Crippen molar-refractivity contribution < 1.29 is 4.39 Å². The van der Waals surface area contributed by atoms with Crippen LogP contribution in [0.3, 0.4) is 0 Å². The summed E-state index contributed by atoms with van der Waals surface area (Å²) in [4.78, 5) is 0. The van der Waals surface area contributed by atoms with Gasteiger partial charge in [-0.2, -0.15) is 0 Å². The number of benzene rings is 2. The maximum absolute atomic E-state index is 13.6. The second-order valence-corrected chi connectivity index (χ2v) is 5.43. The largest absolute Gasteiger partial charge is 0.343 e. The maximum Gasteiger partial charge on any atom is 0.142 e. The molecule has 0 saturated carbocycles. The predicted molar refractivity (Wildman–Crippen MR) is 85.2 cm³/mol. The lowest BCUT2D eigenvalue weighted by molar-refractivity contribution is 0.624. The number of hydrogen-bond donors (Lipinski definition) is 1. The molecule has 1 aromatic heterocycles. The van der Waals surface area contributed by atoms with E-state index in [0.29, 0.717) is 13.1 Å². The predicted octanol–water partition coefficient (Wildman–Crippen LogP) is 3.98. The minimum Gasteiger partial charge on any atom is -0.343 e. The van der Waals surface area contributed by atoms with Crippen LogP contribution >= 0.6 is 11.6 Å². The zero-order valence-corrected chi connectivity index (χ0v) is 12.3. The van der Waals surface area contributed by atoms with Crippen LogP contribution in [0.25, 0.3) is 10.9 Å². The lowest BCUT2D eigenvalue weighted by Gasteiger charge is -2.11. The van der Waals surface area contributed by atoms with Crippen molar-refractivity contribution in [3.8, 4) is 0 Å². The molecule has 0 unspecified atom stereocenters. The van der Waals surface area contributed by atoms with Crippen LogP contribution in [0.4, 0.5) is 4.39 Å². The van der Waals surface area contributed by atoms with Gasteiger partial charge in [0.1, 0.15) is 5.82 Å². The first-order valence-corrected chi connectivity index (χ1v) is 7.28. The average molecular weight is 303 g/mol. The molecule has 108 valence electrons. The molecule has 4 heteroatoms. The molecule has 0 aliphatic carbocycles. The van der Waals surface area contributed by atoms with Crippen molar-refractivity contribution in [1.29, 1.82) is 0 Å². The molecule has 2 aromatic carbocycles. The van der Waals surface area contributed by atoms with Crippen molar-refractivity contribution in [1.82, 2.24) is 4.57 Å². The molecule has 2 N–H and O–H groups in total. The second kappa shape index (κ2) is 5.88. The standard InChI is InChI=1S/C17H16ClFN2/c18-16-14(5-2-6-15(16)19)11-21-10-8-13-4-1-3-12(7-9-20)17(13)21/h1-6,8,10H,7,9,11,20H2. The number of nitrogens with two attached hydrogens (primary N) is 1. The molecule has 3 aromatic rings. The van der Waals surface area contributed by atoms with Crippen molar-refractivity contribution in [2.75, 3.05) is 6.54 Å². The SMILES string of the molecule is NCCc1cccc2ccn(Cc3cccc(F)c3Cl)c12. The fourth-order valence-corrected chi connectivity index (χ4v) is 2.87. The Hall–Kier alpha value is -1.84. The van der Waals surface area contributed by atoms with Crippen molar-refractivity contribution >= 4 is 22.5 Å². The second-order valence-electron chi connectivity index (χ2n) is 5.05.